The van der Waals surface area contributed by atoms with Crippen LogP contribution >= 0.6 is 0 Å². The lowest BCUT2D eigenvalue weighted by Gasteiger charge is -2.14. The topological polar surface area (TPSA) is 138 Å². The molecule has 1 aromatic heterocycles. The van der Waals surface area contributed by atoms with E-state index in [1.54, 1.807) is 78.9 Å². The molecule has 0 aliphatic heterocycles. The van der Waals surface area contributed by atoms with Gasteiger partial charge in [-0.3, -0.25) is 10.0 Å². The third-order valence-corrected chi connectivity index (χ3v) is 3.93. The van der Waals surface area contributed by atoms with Crippen LogP contribution in [0.25, 0.3) is 0 Å². The first-order valence-electron chi connectivity index (χ1n) is 9.55. The van der Waals surface area contributed by atoms with Gasteiger partial charge in [-0.1, -0.05) is 54.6 Å². The molecule has 0 bridgehead atoms. The molecule has 9 nitrogen and oxygen atoms in total. The number of anilines is 1. The van der Waals surface area contributed by atoms with E-state index in [-0.39, 0.29) is 4.73 Å². The second-order valence-electron chi connectivity index (χ2n) is 6.24. The van der Waals surface area contributed by atoms with Gasteiger partial charge in [0.15, 0.2) is 0 Å². The third kappa shape index (κ3) is 8.12. The van der Waals surface area contributed by atoms with Crippen LogP contribution in [0.2, 0.25) is 0 Å². The number of amides is 1. The van der Waals surface area contributed by atoms with Gasteiger partial charge < -0.3 is 15.4 Å². The summed E-state index contributed by atoms with van der Waals surface area (Å²) in [5.74, 6) is -1.32. The number of carbonyl (C=O) groups excluding carboxylic acids is 1. The largest absolute Gasteiger partial charge is 0.708 e. The van der Waals surface area contributed by atoms with Gasteiger partial charge in [-0.05, 0) is 41.4 Å². The molecule has 0 aliphatic carbocycles. The second-order valence-corrected chi connectivity index (χ2v) is 6.24. The maximum Gasteiger partial charge on any atom is 0.498 e. The van der Waals surface area contributed by atoms with Crippen molar-refractivity contribution < 1.29 is 29.7 Å². The molecule has 9 heteroatoms. The van der Waals surface area contributed by atoms with Gasteiger partial charge in [0.05, 0.1) is 11.3 Å². The molecule has 0 spiro atoms. The number of para-hydroxylation sites is 1. The zero-order chi connectivity index (χ0) is 24.1. The summed E-state index contributed by atoms with van der Waals surface area (Å²) >= 11 is 0. The van der Waals surface area contributed by atoms with E-state index >= 15 is 0 Å². The number of benzene rings is 3. The van der Waals surface area contributed by atoms with Crippen molar-refractivity contribution in [3.8, 4) is 6.01 Å². The monoisotopic (exact) mass is 447 g/mol. The zero-order valence-electron chi connectivity index (χ0n) is 17.3. The van der Waals surface area contributed by atoms with Gasteiger partial charge >= 0.3 is 12.0 Å². The Balaban J connectivity index is 0.000000192. The van der Waals surface area contributed by atoms with E-state index in [4.69, 9.17) is 10.2 Å². The number of aromatic carboxylic acids is 1. The maximum absolute atomic E-state index is 11.8. The third-order valence-electron chi connectivity index (χ3n) is 3.93. The number of hydrogen-bond acceptors (Lipinski definition) is 6. The molecule has 3 N–H and O–H groups in total. The van der Waals surface area contributed by atoms with Gasteiger partial charge in [-0.15, -0.1) is 0 Å². The molecule has 4 aromatic rings. The van der Waals surface area contributed by atoms with Gasteiger partial charge in [0.2, 0.25) is 0 Å². The fraction of sp³-hybridized carbons (Fsp3) is 0. The molecule has 0 atom stereocenters. The number of carboxylic acids is 1. The number of rotatable bonds is 3. The van der Waals surface area contributed by atoms with E-state index in [0.29, 0.717) is 21.9 Å². The first kappa shape index (κ1) is 24.5. The normalized spacial score (nSPS) is 9.36. The average molecular weight is 447 g/mol. The predicted molar refractivity (Wildman–Crippen MR) is 120 cm³/mol. The minimum atomic E-state index is -0.879. The number of aromatic nitrogens is 2. The highest BCUT2D eigenvalue weighted by Crippen LogP contribution is 2.14. The smallest absolute Gasteiger partial charge is 0.498 e. The highest BCUT2D eigenvalue weighted by atomic mass is 16.5. The van der Waals surface area contributed by atoms with Crippen LogP contribution in [0.5, 0.6) is 6.01 Å². The Morgan fingerprint density at radius 1 is 0.788 bits per heavy atom. The van der Waals surface area contributed by atoms with Crippen LogP contribution in [0.4, 0.5) is 5.69 Å². The Bertz CT molecular complexity index is 1120. The highest BCUT2D eigenvalue weighted by molar-refractivity contribution is 6.04. The summed E-state index contributed by atoms with van der Waals surface area (Å²) in [7, 11) is 0. The molecule has 0 radical (unpaired) electrons. The maximum atomic E-state index is 11.8. The summed E-state index contributed by atoms with van der Waals surface area (Å²) in [4.78, 5) is 25.3. The molecular weight excluding hydrogens is 426 g/mol. The van der Waals surface area contributed by atoms with E-state index in [9.17, 15) is 20.0 Å². The summed E-state index contributed by atoms with van der Waals surface area (Å²) in [5, 5.41) is 37.4. The SMILES string of the molecule is O=C(O)c1ccccc1.O=C(c1ccccc1)N(O)c1ccccc1.[O-][n+]1cccnc1O. The molecule has 0 saturated carbocycles. The van der Waals surface area contributed by atoms with Crippen molar-refractivity contribution >= 4 is 17.6 Å². The molecule has 33 heavy (non-hydrogen) atoms. The first-order chi connectivity index (χ1) is 15.9. The van der Waals surface area contributed by atoms with E-state index in [1.165, 1.54) is 18.5 Å². The van der Waals surface area contributed by atoms with E-state index < -0.39 is 17.9 Å². The van der Waals surface area contributed by atoms with Crippen LogP contribution in [0.3, 0.4) is 0 Å². The summed E-state index contributed by atoms with van der Waals surface area (Å²) < 4.78 is 0.278. The molecule has 0 aliphatic rings. The molecule has 0 saturated heterocycles. The van der Waals surface area contributed by atoms with Crippen LogP contribution < -0.4 is 9.79 Å². The number of carbonyl (C=O) groups is 2. The van der Waals surface area contributed by atoms with Crippen molar-refractivity contribution in [2.75, 3.05) is 5.06 Å². The van der Waals surface area contributed by atoms with Crippen LogP contribution in [-0.4, -0.2) is 32.3 Å². The molecular formula is C24H21N3O6. The fourth-order valence-corrected chi connectivity index (χ4v) is 2.32. The Labute approximate surface area is 189 Å². The zero-order valence-corrected chi connectivity index (χ0v) is 17.3. The van der Waals surface area contributed by atoms with Crippen molar-refractivity contribution in [3.63, 3.8) is 0 Å². The molecule has 168 valence electrons. The summed E-state index contributed by atoms with van der Waals surface area (Å²) in [6.07, 6.45) is 2.51. The first-order valence-corrected chi connectivity index (χ1v) is 9.55. The molecule has 1 heterocycles. The Morgan fingerprint density at radius 3 is 1.67 bits per heavy atom. The van der Waals surface area contributed by atoms with Gasteiger partial charge in [0.25, 0.3) is 5.91 Å². The lowest BCUT2D eigenvalue weighted by Crippen LogP contribution is -2.26. The van der Waals surface area contributed by atoms with Gasteiger partial charge in [0.1, 0.15) is 12.4 Å². The van der Waals surface area contributed by atoms with E-state index in [1.807, 2.05) is 12.1 Å². The Kier molecular flexibility index (Phi) is 9.53. The van der Waals surface area contributed by atoms with Crippen molar-refractivity contribution in [3.05, 3.63) is 126 Å². The van der Waals surface area contributed by atoms with Crippen molar-refractivity contribution in [2.24, 2.45) is 0 Å². The number of nitrogens with zero attached hydrogens (tertiary/aromatic N) is 3. The minimum Gasteiger partial charge on any atom is -0.708 e. The summed E-state index contributed by atoms with van der Waals surface area (Å²) in [6.45, 7) is 0. The standard InChI is InChI=1S/C13H11NO2.C7H6O2.C4H4N2O2/c15-13(11-7-3-1-4-8-11)14(16)12-9-5-2-6-10-12;8-7(9)6-4-2-1-3-5-6;7-4-5-2-1-3-6(4)8/h1-10,16H;1-5H,(H,8,9);1-3H,(H,5,7). The van der Waals surface area contributed by atoms with Crippen LogP contribution in [-0.2, 0) is 0 Å². The number of carboxylic acid groups (broad SMARTS) is 1. The quantitative estimate of drug-likeness (QED) is 0.189. The lowest BCUT2D eigenvalue weighted by molar-refractivity contribution is -0.617. The minimum absolute atomic E-state index is 0.278. The highest BCUT2D eigenvalue weighted by Gasteiger charge is 2.14. The number of aromatic hydroxyl groups is 1. The van der Waals surface area contributed by atoms with Crippen LogP contribution in [0.15, 0.2) is 109 Å². The van der Waals surface area contributed by atoms with E-state index in [0.717, 1.165) is 0 Å². The molecule has 3 aromatic carbocycles. The number of hydrogen-bond donors (Lipinski definition) is 3. The predicted octanol–water partition coefficient (Wildman–Crippen LogP) is 3.53. The average Bonchev–Trinajstić information content (AvgIpc) is 2.87. The Hall–Kier alpha value is -4.76. The Morgan fingerprint density at radius 2 is 1.27 bits per heavy atom. The number of hydroxylamine groups is 1. The molecule has 4 rings (SSSR count). The van der Waals surface area contributed by atoms with Gasteiger partial charge in [-0.2, -0.15) is 5.06 Å². The van der Waals surface area contributed by atoms with Gasteiger partial charge in [-0.25, -0.2) is 9.52 Å². The fourth-order valence-electron chi connectivity index (χ4n) is 2.32. The van der Waals surface area contributed by atoms with Gasteiger partial charge in [0, 0.05) is 11.6 Å². The second kappa shape index (κ2) is 12.8. The lowest BCUT2D eigenvalue weighted by atomic mass is 10.2. The van der Waals surface area contributed by atoms with Crippen molar-refractivity contribution in [2.45, 2.75) is 0 Å². The van der Waals surface area contributed by atoms with Crippen molar-refractivity contribution in [1.82, 2.24) is 4.98 Å². The molecule has 1 amide bonds. The van der Waals surface area contributed by atoms with Crippen LogP contribution in [0, 0.1) is 5.21 Å². The van der Waals surface area contributed by atoms with Crippen molar-refractivity contribution in [1.29, 1.82) is 0 Å². The molecule has 0 unspecified atom stereocenters. The summed E-state index contributed by atoms with van der Waals surface area (Å²) in [6, 6.07) is 26.5. The van der Waals surface area contributed by atoms with E-state index in [2.05, 4.69) is 4.98 Å². The summed E-state index contributed by atoms with van der Waals surface area (Å²) in [5.41, 5.74) is 1.24. The molecule has 0 fully saturated rings. The van der Waals surface area contributed by atoms with Crippen LogP contribution in [0.1, 0.15) is 20.7 Å².